The van der Waals surface area contributed by atoms with Crippen molar-refractivity contribution in [2.75, 3.05) is 0 Å². The van der Waals surface area contributed by atoms with E-state index in [1.54, 1.807) is 0 Å². The highest BCUT2D eigenvalue weighted by molar-refractivity contribution is 9.10. The molecule has 0 radical (unpaired) electrons. The molecule has 36 heavy (non-hydrogen) atoms. The third-order valence-corrected chi connectivity index (χ3v) is 7.61. The fourth-order valence-corrected chi connectivity index (χ4v) is 5.77. The first kappa shape index (κ1) is 21.1. The molecule has 0 amide bonds. The zero-order valence-electron chi connectivity index (χ0n) is 19.4. The third-order valence-electron chi connectivity index (χ3n) is 6.92. The number of halogens is 1. The quantitative estimate of drug-likeness (QED) is 0.225. The van der Waals surface area contributed by atoms with Crippen LogP contribution in [0.4, 0.5) is 0 Å². The molecule has 5 aromatic carbocycles. The Balaban J connectivity index is 1.51. The van der Waals surface area contributed by atoms with Gasteiger partial charge in [-0.1, -0.05) is 101 Å². The Kier molecular flexibility index (Phi) is 4.97. The van der Waals surface area contributed by atoms with Crippen LogP contribution in [0.5, 0.6) is 0 Å². The number of rotatable bonds is 3. The van der Waals surface area contributed by atoms with Gasteiger partial charge >= 0.3 is 0 Å². The number of aromatic nitrogens is 2. The van der Waals surface area contributed by atoms with Crippen LogP contribution in [0.1, 0.15) is 0 Å². The number of hydrogen-bond donors (Lipinski definition) is 0. The monoisotopic (exact) mass is 524 g/mol. The zero-order valence-corrected chi connectivity index (χ0v) is 21.0. The highest BCUT2D eigenvalue weighted by Gasteiger charge is 2.16. The molecule has 0 aliphatic heterocycles. The Morgan fingerprint density at radius 3 is 2.25 bits per heavy atom. The van der Waals surface area contributed by atoms with Crippen molar-refractivity contribution >= 4 is 48.5 Å². The average Bonchev–Trinajstić information content (AvgIpc) is 3.28. The van der Waals surface area contributed by atoms with E-state index in [-0.39, 0.29) is 0 Å². The Labute approximate surface area is 217 Å². The van der Waals surface area contributed by atoms with Gasteiger partial charge in [-0.15, -0.1) is 0 Å². The fourth-order valence-electron chi connectivity index (χ4n) is 5.26. The first-order chi connectivity index (χ1) is 17.8. The normalized spacial score (nSPS) is 11.5. The number of pyridine rings is 1. The van der Waals surface area contributed by atoms with Crippen LogP contribution in [0.3, 0.4) is 0 Å². The molecule has 2 aromatic heterocycles. The summed E-state index contributed by atoms with van der Waals surface area (Å²) in [5, 5.41) is 5.01. The molecule has 7 rings (SSSR count). The molecule has 0 spiro atoms. The number of nitrogens with zero attached hydrogens (tertiary/aromatic N) is 2. The van der Waals surface area contributed by atoms with E-state index in [0.717, 1.165) is 15.8 Å². The Morgan fingerprint density at radius 2 is 1.36 bits per heavy atom. The molecular weight excluding hydrogens is 504 g/mol. The summed E-state index contributed by atoms with van der Waals surface area (Å²) in [5.74, 6) is 0.923. The molecule has 0 saturated heterocycles. The van der Waals surface area contributed by atoms with Gasteiger partial charge in [-0.25, -0.2) is 4.98 Å². The maximum absolute atomic E-state index is 4.73. The molecule has 170 valence electrons. The molecule has 0 atom stereocenters. The largest absolute Gasteiger partial charge is 0.294 e. The predicted octanol–water partition coefficient (Wildman–Crippen LogP) is 9.43. The number of benzene rings is 5. The lowest BCUT2D eigenvalue weighted by atomic mass is 9.98. The lowest BCUT2D eigenvalue weighted by Gasteiger charge is -2.10. The molecule has 0 bridgehead atoms. The molecule has 2 nitrogen and oxygen atoms in total. The van der Waals surface area contributed by atoms with E-state index in [9.17, 15) is 0 Å². The summed E-state index contributed by atoms with van der Waals surface area (Å²) in [6.07, 6.45) is 1.86. The van der Waals surface area contributed by atoms with Crippen LogP contribution in [-0.2, 0) is 0 Å². The van der Waals surface area contributed by atoms with Crippen LogP contribution in [0.2, 0.25) is 0 Å². The molecule has 0 saturated carbocycles. The predicted molar refractivity (Wildman–Crippen MR) is 155 cm³/mol. The van der Waals surface area contributed by atoms with E-state index < -0.39 is 0 Å². The van der Waals surface area contributed by atoms with E-state index in [4.69, 9.17) is 4.98 Å². The Morgan fingerprint density at radius 1 is 0.556 bits per heavy atom. The summed E-state index contributed by atoms with van der Waals surface area (Å²) in [6.45, 7) is 0. The first-order valence-electron chi connectivity index (χ1n) is 12.0. The molecule has 7 aromatic rings. The van der Waals surface area contributed by atoms with E-state index >= 15 is 0 Å². The smallest absolute Gasteiger partial charge is 0.137 e. The van der Waals surface area contributed by atoms with E-state index in [1.165, 1.54) is 49.3 Å². The van der Waals surface area contributed by atoms with Crippen LogP contribution in [0, 0.1) is 0 Å². The van der Waals surface area contributed by atoms with Crippen LogP contribution in [0.25, 0.3) is 60.6 Å². The lowest BCUT2D eigenvalue weighted by molar-refractivity contribution is 1.08. The molecule has 0 unspecified atom stereocenters. The minimum absolute atomic E-state index is 0.923. The maximum Gasteiger partial charge on any atom is 0.137 e. The molecular formula is C33H21BrN2. The molecule has 0 aliphatic carbocycles. The molecule has 2 heterocycles. The van der Waals surface area contributed by atoms with Crippen molar-refractivity contribution in [3.63, 3.8) is 0 Å². The van der Waals surface area contributed by atoms with Gasteiger partial charge in [0.15, 0.2) is 0 Å². The van der Waals surface area contributed by atoms with Crippen molar-refractivity contribution in [3.05, 3.63) is 132 Å². The van der Waals surface area contributed by atoms with Gasteiger partial charge in [0, 0.05) is 21.4 Å². The fraction of sp³-hybridized carbons (Fsp3) is 0. The minimum atomic E-state index is 0.923. The average molecular weight is 525 g/mol. The van der Waals surface area contributed by atoms with E-state index in [2.05, 4.69) is 124 Å². The standard InChI is InChI=1S/C33H21BrN2/c34-29-13-4-3-11-26(29)25-10-7-9-23(20-25)24-15-17-28-31(21-24)36(32-14-5-6-19-35-32)30-18-16-22-8-1-2-12-27(22)33(28)30/h1-21H. The Hall–Kier alpha value is -4.21. The third kappa shape index (κ3) is 3.35. The number of hydrogen-bond acceptors (Lipinski definition) is 1. The van der Waals surface area contributed by atoms with Crippen LogP contribution in [0.15, 0.2) is 132 Å². The molecule has 0 aliphatic rings. The lowest BCUT2D eigenvalue weighted by Crippen LogP contribution is -1.96. The van der Waals surface area contributed by atoms with Crippen LogP contribution < -0.4 is 0 Å². The molecule has 0 N–H and O–H groups in total. The van der Waals surface area contributed by atoms with Crippen molar-refractivity contribution in [2.24, 2.45) is 0 Å². The summed E-state index contributed by atoms with van der Waals surface area (Å²) in [5.41, 5.74) is 7.07. The van der Waals surface area contributed by atoms with Crippen molar-refractivity contribution < 1.29 is 0 Å². The summed E-state index contributed by atoms with van der Waals surface area (Å²) in [4.78, 5) is 4.73. The molecule has 3 heteroatoms. The second-order valence-corrected chi connectivity index (χ2v) is 9.85. The van der Waals surface area contributed by atoms with Gasteiger partial charge in [0.05, 0.1) is 11.0 Å². The van der Waals surface area contributed by atoms with Gasteiger partial charge in [0.25, 0.3) is 0 Å². The summed E-state index contributed by atoms with van der Waals surface area (Å²) < 4.78 is 3.39. The van der Waals surface area contributed by atoms with E-state index in [1.807, 2.05) is 24.4 Å². The minimum Gasteiger partial charge on any atom is -0.294 e. The van der Waals surface area contributed by atoms with Gasteiger partial charge in [-0.2, -0.15) is 0 Å². The van der Waals surface area contributed by atoms with E-state index in [0.29, 0.717) is 0 Å². The topological polar surface area (TPSA) is 17.8 Å². The van der Waals surface area contributed by atoms with Crippen molar-refractivity contribution in [2.45, 2.75) is 0 Å². The zero-order chi connectivity index (χ0) is 24.1. The van der Waals surface area contributed by atoms with Gasteiger partial charge in [-0.05, 0) is 69.4 Å². The van der Waals surface area contributed by atoms with Crippen molar-refractivity contribution in [1.82, 2.24) is 9.55 Å². The van der Waals surface area contributed by atoms with Gasteiger partial charge in [0.1, 0.15) is 5.82 Å². The second kappa shape index (κ2) is 8.47. The SMILES string of the molecule is Brc1ccccc1-c1cccc(-c2ccc3c4c5ccccc5ccc4n(-c4ccccn4)c3c2)c1. The van der Waals surface area contributed by atoms with Crippen molar-refractivity contribution in [1.29, 1.82) is 0 Å². The van der Waals surface area contributed by atoms with Crippen molar-refractivity contribution in [3.8, 4) is 28.1 Å². The van der Waals surface area contributed by atoms with Gasteiger partial charge < -0.3 is 0 Å². The van der Waals surface area contributed by atoms with Gasteiger partial charge in [-0.3, -0.25) is 4.57 Å². The highest BCUT2D eigenvalue weighted by atomic mass is 79.9. The Bertz CT molecular complexity index is 1900. The highest BCUT2D eigenvalue weighted by Crippen LogP contribution is 2.39. The number of fused-ring (bicyclic) bond motifs is 5. The maximum atomic E-state index is 4.73. The summed E-state index contributed by atoms with van der Waals surface area (Å²) in [7, 11) is 0. The van der Waals surface area contributed by atoms with Crippen LogP contribution in [-0.4, -0.2) is 9.55 Å². The van der Waals surface area contributed by atoms with Crippen LogP contribution >= 0.6 is 15.9 Å². The summed E-state index contributed by atoms with van der Waals surface area (Å²) >= 11 is 3.71. The van der Waals surface area contributed by atoms with Gasteiger partial charge in [0.2, 0.25) is 0 Å². The summed E-state index contributed by atoms with van der Waals surface area (Å²) in [6, 6.07) is 43.1. The molecule has 0 fully saturated rings. The second-order valence-electron chi connectivity index (χ2n) is 9.00. The first-order valence-corrected chi connectivity index (χ1v) is 12.8.